The number of methoxy groups -OCH3 is 1. The van der Waals surface area contributed by atoms with E-state index in [-0.39, 0.29) is 5.91 Å². The number of hydrogen-bond donors (Lipinski definition) is 0. The van der Waals surface area contributed by atoms with Crippen LogP contribution in [0.15, 0.2) is 48.7 Å². The molecule has 0 radical (unpaired) electrons. The van der Waals surface area contributed by atoms with Crippen LogP contribution in [0.2, 0.25) is 0 Å². The molecule has 6 heteroatoms. The third-order valence-corrected chi connectivity index (χ3v) is 7.34. The van der Waals surface area contributed by atoms with E-state index in [1.54, 1.807) is 7.11 Å². The minimum absolute atomic E-state index is 0.127. The van der Waals surface area contributed by atoms with Crippen LogP contribution < -0.4 is 4.74 Å². The van der Waals surface area contributed by atoms with E-state index in [0.29, 0.717) is 5.92 Å². The first-order valence-corrected chi connectivity index (χ1v) is 13.5. The third kappa shape index (κ3) is 5.65. The van der Waals surface area contributed by atoms with Gasteiger partial charge in [-0.25, -0.2) is 4.52 Å². The lowest BCUT2D eigenvalue weighted by molar-refractivity contribution is 0.0747. The fourth-order valence-corrected chi connectivity index (χ4v) is 5.13. The van der Waals surface area contributed by atoms with Crippen molar-refractivity contribution in [3.05, 3.63) is 59.8 Å². The van der Waals surface area contributed by atoms with E-state index in [1.807, 2.05) is 52.0 Å². The summed E-state index contributed by atoms with van der Waals surface area (Å²) in [5, 5.41) is 4.93. The van der Waals surface area contributed by atoms with E-state index in [1.165, 1.54) is 32.1 Å². The first kappa shape index (κ1) is 24.6. The summed E-state index contributed by atoms with van der Waals surface area (Å²) in [4.78, 5) is 18.0. The highest BCUT2D eigenvalue weighted by Gasteiger charge is 2.27. The molecule has 1 aliphatic heterocycles. The highest BCUT2D eigenvalue weighted by atomic mass is 16.5. The second kappa shape index (κ2) is 11.3. The Kier molecular flexibility index (Phi) is 7.71. The van der Waals surface area contributed by atoms with Crippen molar-refractivity contribution in [1.29, 1.82) is 0 Å². The molecular weight excluding hydrogens is 448 g/mol. The SMILES string of the molecule is CCCN(CC1CC1)C(=O)c1ccn2nc(-c3ccc(OC)cc3)c(C=CCN3CCCCC3)c2c1. The van der Waals surface area contributed by atoms with E-state index in [9.17, 15) is 4.79 Å². The molecule has 1 aromatic carbocycles. The van der Waals surface area contributed by atoms with Gasteiger partial charge in [0.15, 0.2) is 0 Å². The molecule has 1 saturated carbocycles. The highest BCUT2D eigenvalue weighted by molar-refractivity contribution is 5.96. The number of rotatable bonds is 10. The first-order valence-electron chi connectivity index (χ1n) is 13.5. The van der Waals surface area contributed by atoms with Crippen LogP contribution in [0.1, 0.15) is 61.4 Å². The van der Waals surface area contributed by atoms with Crippen molar-refractivity contribution in [3.63, 3.8) is 0 Å². The lowest BCUT2D eigenvalue weighted by atomic mass is 10.0. The molecule has 0 spiro atoms. The highest BCUT2D eigenvalue weighted by Crippen LogP contribution is 2.32. The van der Waals surface area contributed by atoms with Gasteiger partial charge < -0.3 is 9.64 Å². The van der Waals surface area contributed by atoms with Crippen LogP contribution in [0.3, 0.4) is 0 Å². The molecule has 3 heterocycles. The number of aromatic nitrogens is 2. The van der Waals surface area contributed by atoms with Gasteiger partial charge >= 0.3 is 0 Å². The fraction of sp³-hybridized carbons (Fsp3) is 0.467. The quantitative estimate of drug-likeness (QED) is 0.365. The summed E-state index contributed by atoms with van der Waals surface area (Å²) in [5.41, 5.74) is 4.70. The second-order valence-electron chi connectivity index (χ2n) is 10.2. The minimum atomic E-state index is 0.127. The Hall–Kier alpha value is -3.12. The average Bonchev–Trinajstić information content (AvgIpc) is 3.67. The summed E-state index contributed by atoms with van der Waals surface area (Å²) in [6.07, 6.45) is 13.7. The fourth-order valence-electron chi connectivity index (χ4n) is 5.13. The molecule has 1 aliphatic carbocycles. The van der Waals surface area contributed by atoms with Crippen LogP contribution in [0.4, 0.5) is 0 Å². The predicted octanol–water partition coefficient (Wildman–Crippen LogP) is 5.77. The molecule has 2 fully saturated rings. The van der Waals surface area contributed by atoms with Gasteiger partial charge in [0.1, 0.15) is 11.4 Å². The van der Waals surface area contributed by atoms with E-state index >= 15 is 0 Å². The molecule has 190 valence electrons. The Bertz CT molecular complexity index is 1200. The maximum Gasteiger partial charge on any atom is 0.253 e. The number of carbonyl (C=O) groups excluding carboxylic acids is 1. The van der Waals surface area contributed by atoms with Gasteiger partial charge in [0.2, 0.25) is 0 Å². The topological polar surface area (TPSA) is 50.1 Å². The molecule has 36 heavy (non-hydrogen) atoms. The predicted molar refractivity (Wildman–Crippen MR) is 145 cm³/mol. The molecule has 3 aromatic rings. The number of ether oxygens (including phenoxy) is 1. The van der Waals surface area contributed by atoms with E-state index in [4.69, 9.17) is 9.84 Å². The van der Waals surface area contributed by atoms with Crippen molar-refractivity contribution in [3.8, 4) is 17.0 Å². The number of nitrogens with zero attached hydrogens (tertiary/aromatic N) is 4. The average molecular weight is 487 g/mol. The number of benzene rings is 1. The van der Waals surface area contributed by atoms with Crippen molar-refractivity contribution < 1.29 is 9.53 Å². The number of piperidine rings is 1. The van der Waals surface area contributed by atoms with Gasteiger partial charge in [-0.15, -0.1) is 0 Å². The Morgan fingerprint density at radius 1 is 1.14 bits per heavy atom. The number of pyridine rings is 1. The smallest absolute Gasteiger partial charge is 0.253 e. The lowest BCUT2D eigenvalue weighted by Crippen LogP contribution is -2.33. The zero-order chi connectivity index (χ0) is 24.9. The van der Waals surface area contributed by atoms with Crippen molar-refractivity contribution in [2.45, 2.75) is 45.4 Å². The van der Waals surface area contributed by atoms with Crippen LogP contribution in [0.25, 0.3) is 22.9 Å². The summed E-state index contributed by atoms with van der Waals surface area (Å²) in [6.45, 7) is 7.08. The summed E-state index contributed by atoms with van der Waals surface area (Å²) < 4.78 is 7.26. The molecule has 6 nitrogen and oxygen atoms in total. The number of fused-ring (bicyclic) bond motifs is 1. The normalized spacial score (nSPS) is 16.6. The Balaban J connectivity index is 1.50. The van der Waals surface area contributed by atoms with Crippen molar-refractivity contribution in [1.82, 2.24) is 19.4 Å². The molecule has 5 rings (SSSR count). The van der Waals surface area contributed by atoms with Crippen molar-refractivity contribution >= 4 is 17.5 Å². The van der Waals surface area contributed by atoms with Crippen molar-refractivity contribution in [2.75, 3.05) is 39.8 Å². The van der Waals surface area contributed by atoms with Crippen LogP contribution >= 0.6 is 0 Å². The van der Waals surface area contributed by atoms with Gasteiger partial charge in [0.05, 0.1) is 12.6 Å². The van der Waals surface area contributed by atoms with E-state index in [2.05, 4.69) is 24.0 Å². The van der Waals surface area contributed by atoms with Crippen molar-refractivity contribution in [2.24, 2.45) is 5.92 Å². The van der Waals surface area contributed by atoms with E-state index in [0.717, 1.165) is 72.8 Å². The zero-order valence-corrected chi connectivity index (χ0v) is 21.7. The summed E-state index contributed by atoms with van der Waals surface area (Å²) >= 11 is 0. The van der Waals surface area contributed by atoms with Crippen LogP contribution in [-0.4, -0.2) is 65.2 Å². The van der Waals surface area contributed by atoms with Gasteiger partial charge in [0, 0.05) is 42.5 Å². The number of hydrogen-bond acceptors (Lipinski definition) is 4. The zero-order valence-electron chi connectivity index (χ0n) is 21.7. The third-order valence-electron chi connectivity index (χ3n) is 7.34. The first-order chi connectivity index (χ1) is 17.7. The van der Waals surface area contributed by atoms with E-state index < -0.39 is 0 Å². The number of likely N-dealkylation sites (tertiary alicyclic amines) is 1. The summed E-state index contributed by atoms with van der Waals surface area (Å²) in [7, 11) is 1.68. The van der Waals surface area contributed by atoms with Crippen LogP contribution in [0.5, 0.6) is 5.75 Å². The van der Waals surface area contributed by atoms with Crippen LogP contribution in [0, 0.1) is 5.92 Å². The van der Waals surface area contributed by atoms with Crippen LogP contribution in [-0.2, 0) is 0 Å². The molecule has 0 atom stereocenters. The largest absolute Gasteiger partial charge is 0.497 e. The molecular formula is C30H38N4O2. The molecule has 1 saturated heterocycles. The monoisotopic (exact) mass is 486 g/mol. The maximum atomic E-state index is 13.5. The van der Waals surface area contributed by atoms with Gasteiger partial charge in [-0.3, -0.25) is 9.69 Å². The Morgan fingerprint density at radius 3 is 2.61 bits per heavy atom. The molecule has 0 N–H and O–H groups in total. The van der Waals surface area contributed by atoms with Gasteiger partial charge in [-0.05, 0) is 87.5 Å². The standard InChI is InChI=1S/C30H38N4O2/c1-3-16-33(22-23-9-10-23)30(35)25-15-20-34-28(21-25)27(8-7-19-32-17-5-4-6-18-32)29(31-34)24-11-13-26(36-2)14-12-24/h7-8,11-15,20-21,23H,3-6,9-10,16-19,22H2,1-2H3. The minimum Gasteiger partial charge on any atom is -0.497 e. The lowest BCUT2D eigenvalue weighted by Gasteiger charge is -2.24. The number of amides is 1. The number of carbonyl (C=O) groups is 1. The molecule has 2 aliphatic rings. The Labute approximate surface area is 214 Å². The van der Waals surface area contributed by atoms with Gasteiger partial charge in [-0.1, -0.05) is 25.5 Å². The second-order valence-corrected chi connectivity index (χ2v) is 10.2. The summed E-state index contributed by atoms with van der Waals surface area (Å²) in [5.74, 6) is 1.63. The molecule has 0 unspecified atom stereocenters. The summed E-state index contributed by atoms with van der Waals surface area (Å²) in [6, 6.07) is 12.0. The molecule has 1 amide bonds. The van der Waals surface area contributed by atoms with Gasteiger partial charge in [-0.2, -0.15) is 5.10 Å². The van der Waals surface area contributed by atoms with Gasteiger partial charge in [0.25, 0.3) is 5.91 Å². The molecule has 0 bridgehead atoms. The molecule has 2 aromatic heterocycles. The maximum absolute atomic E-state index is 13.5. The Morgan fingerprint density at radius 2 is 1.92 bits per heavy atom.